The monoisotopic (exact) mass is 384 g/mol. The van der Waals surface area contributed by atoms with Crippen molar-refractivity contribution in [3.05, 3.63) is 52.0 Å². The Labute approximate surface area is 160 Å². The van der Waals surface area contributed by atoms with Crippen molar-refractivity contribution in [3.8, 4) is 10.6 Å². The van der Waals surface area contributed by atoms with E-state index in [0.717, 1.165) is 48.0 Å². The van der Waals surface area contributed by atoms with Crippen LogP contribution < -0.4 is 5.32 Å². The van der Waals surface area contributed by atoms with E-state index in [0.29, 0.717) is 5.13 Å². The fraction of sp³-hybridized carbons (Fsp3) is 0.316. The third-order valence-corrected chi connectivity index (χ3v) is 6.36. The predicted molar refractivity (Wildman–Crippen MR) is 107 cm³/mol. The molecule has 134 valence electrons. The van der Waals surface area contributed by atoms with Gasteiger partial charge in [0.1, 0.15) is 5.01 Å². The zero-order valence-electron chi connectivity index (χ0n) is 14.6. The van der Waals surface area contributed by atoms with Gasteiger partial charge in [0.2, 0.25) is 5.91 Å². The standard InChI is InChI=1S/C19H20N4OS2/c1-2-23-9-8-15-16(11-23)26-19(21-15)22-17(24)10-14-12-25-18(20-14)13-6-4-3-5-7-13/h3-7,12H,2,8-11H2,1H3,(H,21,22,24). The van der Waals surface area contributed by atoms with Crippen molar-refractivity contribution >= 4 is 33.7 Å². The second-order valence-corrected chi connectivity index (χ2v) is 8.18. The molecule has 1 amide bonds. The van der Waals surface area contributed by atoms with E-state index < -0.39 is 0 Å². The molecule has 5 nitrogen and oxygen atoms in total. The number of rotatable bonds is 5. The Bertz CT molecular complexity index is 903. The van der Waals surface area contributed by atoms with Crippen LogP contribution in [0.1, 0.15) is 23.2 Å². The molecule has 4 rings (SSSR count). The van der Waals surface area contributed by atoms with Crippen molar-refractivity contribution < 1.29 is 4.79 Å². The van der Waals surface area contributed by atoms with E-state index in [-0.39, 0.29) is 12.3 Å². The zero-order valence-corrected chi connectivity index (χ0v) is 16.2. The summed E-state index contributed by atoms with van der Waals surface area (Å²) in [6, 6.07) is 10.0. The van der Waals surface area contributed by atoms with Crippen LogP contribution in [-0.4, -0.2) is 33.9 Å². The number of thiazole rings is 2. The van der Waals surface area contributed by atoms with Crippen LogP contribution >= 0.6 is 22.7 Å². The minimum atomic E-state index is -0.0617. The minimum Gasteiger partial charge on any atom is -0.302 e. The Hall–Kier alpha value is -2.09. The number of nitrogens with zero attached hydrogens (tertiary/aromatic N) is 3. The number of carbonyl (C=O) groups is 1. The molecule has 2 aromatic heterocycles. The van der Waals surface area contributed by atoms with Crippen molar-refractivity contribution in [1.29, 1.82) is 0 Å². The van der Waals surface area contributed by atoms with Gasteiger partial charge in [-0.1, -0.05) is 37.3 Å². The minimum absolute atomic E-state index is 0.0617. The van der Waals surface area contributed by atoms with Gasteiger partial charge in [-0.2, -0.15) is 0 Å². The second kappa shape index (κ2) is 7.65. The van der Waals surface area contributed by atoms with Crippen LogP contribution in [0.25, 0.3) is 10.6 Å². The maximum atomic E-state index is 12.4. The summed E-state index contributed by atoms with van der Waals surface area (Å²) >= 11 is 3.16. The van der Waals surface area contributed by atoms with E-state index in [1.165, 1.54) is 4.88 Å². The van der Waals surface area contributed by atoms with Gasteiger partial charge in [0.05, 0.1) is 17.8 Å². The molecule has 0 atom stereocenters. The highest BCUT2D eigenvalue weighted by Crippen LogP contribution is 2.28. The lowest BCUT2D eigenvalue weighted by atomic mass is 10.2. The van der Waals surface area contributed by atoms with E-state index in [1.54, 1.807) is 22.7 Å². The molecule has 0 unspecified atom stereocenters. The highest BCUT2D eigenvalue weighted by molar-refractivity contribution is 7.15. The van der Waals surface area contributed by atoms with Crippen molar-refractivity contribution in [1.82, 2.24) is 14.9 Å². The quantitative estimate of drug-likeness (QED) is 0.726. The van der Waals surface area contributed by atoms with Crippen molar-refractivity contribution in [3.63, 3.8) is 0 Å². The molecular weight excluding hydrogens is 364 g/mol. The third-order valence-electron chi connectivity index (χ3n) is 4.42. The average Bonchev–Trinajstić information content (AvgIpc) is 3.28. The maximum Gasteiger partial charge on any atom is 0.232 e. The summed E-state index contributed by atoms with van der Waals surface area (Å²) in [6.07, 6.45) is 1.23. The van der Waals surface area contributed by atoms with E-state index in [9.17, 15) is 4.79 Å². The molecule has 0 aliphatic carbocycles. The van der Waals surface area contributed by atoms with Crippen molar-refractivity contribution in [2.75, 3.05) is 18.4 Å². The molecule has 0 saturated carbocycles. The van der Waals surface area contributed by atoms with Crippen LogP contribution in [0.5, 0.6) is 0 Å². The van der Waals surface area contributed by atoms with Gasteiger partial charge in [0, 0.05) is 35.3 Å². The highest BCUT2D eigenvalue weighted by atomic mass is 32.1. The number of hydrogen-bond acceptors (Lipinski definition) is 6. The largest absolute Gasteiger partial charge is 0.302 e. The number of anilines is 1. The topological polar surface area (TPSA) is 58.1 Å². The Balaban J connectivity index is 1.39. The van der Waals surface area contributed by atoms with E-state index in [4.69, 9.17) is 0 Å². The van der Waals surface area contributed by atoms with Crippen LogP contribution in [0, 0.1) is 0 Å². The van der Waals surface area contributed by atoms with Crippen molar-refractivity contribution in [2.24, 2.45) is 0 Å². The lowest BCUT2D eigenvalue weighted by Gasteiger charge is -2.23. The summed E-state index contributed by atoms with van der Waals surface area (Å²) in [5, 5.41) is 6.54. The predicted octanol–water partition coefficient (Wildman–Crippen LogP) is 3.83. The third kappa shape index (κ3) is 3.85. The summed E-state index contributed by atoms with van der Waals surface area (Å²) in [5.74, 6) is -0.0617. The molecular formula is C19H20N4OS2. The van der Waals surface area contributed by atoms with Gasteiger partial charge in [-0.3, -0.25) is 9.69 Å². The number of nitrogens with one attached hydrogen (secondary N) is 1. The molecule has 0 fully saturated rings. The lowest BCUT2D eigenvalue weighted by molar-refractivity contribution is -0.115. The van der Waals surface area contributed by atoms with Gasteiger partial charge >= 0.3 is 0 Å². The van der Waals surface area contributed by atoms with Crippen LogP contribution in [0.2, 0.25) is 0 Å². The second-order valence-electron chi connectivity index (χ2n) is 6.24. The first-order valence-corrected chi connectivity index (χ1v) is 10.4. The summed E-state index contributed by atoms with van der Waals surface area (Å²) in [5.41, 5.74) is 3.01. The van der Waals surface area contributed by atoms with Crippen LogP contribution in [0.4, 0.5) is 5.13 Å². The first-order valence-electron chi connectivity index (χ1n) is 8.72. The highest BCUT2D eigenvalue weighted by Gasteiger charge is 2.20. The zero-order chi connectivity index (χ0) is 17.9. The summed E-state index contributed by atoms with van der Waals surface area (Å²) < 4.78 is 0. The van der Waals surface area contributed by atoms with Gasteiger partial charge in [0.15, 0.2) is 5.13 Å². The number of benzene rings is 1. The summed E-state index contributed by atoms with van der Waals surface area (Å²) in [4.78, 5) is 25.2. The fourth-order valence-electron chi connectivity index (χ4n) is 3.00. The number of fused-ring (bicyclic) bond motifs is 1. The molecule has 3 heterocycles. The first-order chi connectivity index (χ1) is 12.7. The van der Waals surface area contributed by atoms with E-state index >= 15 is 0 Å². The molecule has 1 N–H and O–H groups in total. The Morgan fingerprint density at radius 1 is 1.27 bits per heavy atom. The number of amides is 1. The molecule has 0 saturated heterocycles. The van der Waals surface area contributed by atoms with Gasteiger partial charge in [0.25, 0.3) is 0 Å². The fourth-order valence-corrected chi connectivity index (χ4v) is 4.89. The first kappa shape index (κ1) is 17.3. The van der Waals surface area contributed by atoms with Gasteiger partial charge in [-0.15, -0.1) is 22.7 Å². The van der Waals surface area contributed by atoms with E-state index in [1.807, 2.05) is 35.7 Å². The van der Waals surface area contributed by atoms with Crippen LogP contribution in [0.3, 0.4) is 0 Å². The molecule has 26 heavy (non-hydrogen) atoms. The Morgan fingerprint density at radius 2 is 2.12 bits per heavy atom. The Kier molecular flexibility index (Phi) is 5.10. The average molecular weight is 385 g/mol. The maximum absolute atomic E-state index is 12.4. The number of carbonyl (C=O) groups excluding carboxylic acids is 1. The molecule has 7 heteroatoms. The number of likely N-dealkylation sites (N-methyl/N-ethyl adjacent to an activating group) is 1. The molecule has 1 aromatic carbocycles. The SMILES string of the molecule is CCN1CCc2nc(NC(=O)Cc3csc(-c4ccccc4)n3)sc2C1. The number of hydrogen-bond donors (Lipinski definition) is 1. The summed E-state index contributed by atoms with van der Waals surface area (Å²) in [6.45, 7) is 5.20. The molecule has 1 aliphatic rings. The smallest absolute Gasteiger partial charge is 0.232 e. The number of aromatic nitrogens is 2. The molecule has 0 radical (unpaired) electrons. The van der Waals surface area contributed by atoms with Crippen LogP contribution in [0.15, 0.2) is 35.7 Å². The van der Waals surface area contributed by atoms with E-state index in [2.05, 4.69) is 27.1 Å². The van der Waals surface area contributed by atoms with Crippen molar-refractivity contribution in [2.45, 2.75) is 26.3 Å². The normalized spacial score (nSPS) is 14.2. The van der Waals surface area contributed by atoms with Gasteiger partial charge in [-0.25, -0.2) is 9.97 Å². The molecule has 3 aromatic rings. The molecule has 1 aliphatic heterocycles. The van der Waals surface area contributed by atoms with Crippen LogP contribution in [-0.2, 0) is 24.2 Å². The molecule has 0 spiro atoms. The Morgan fingerprint density at radius 3 is 2.92 bits per heavy atom. The van der Waals surface area contributed by atoms with Gasteiger partial charge in [-0.05, 0) is 6.54 Å². The summed E-state index contributed by atoms with van der Waals surface area (Å²) in [7, 11) is 0. The lowest BCUT2D eigenvalue weighted by Crippen LogP contribution is -2.29. The molecule has 0 bridgehead atoms. The van der Waals surface area contributed by atoms with Gasteiger partial charge < -0.3 is 5.32 Å².